The Labute approximate surface area is 174 Å². The summed E-state index contributed by atoms with van der Waals surface area (Å²) in [4.78, 5) is 3.58. The maximum atomic E-state index is 15.4. The molecule has 32 heavy (non-hydrogen) atoms. The Morgan fingerprint density at radius 2 is 1.59 bits per heavy atom. The van der Waals surface area contributed by atoms with Crippen molar-refractivity contribution in [3.8, 4) is 5.69 Å². The van der Waals surface area contributed by atoms with Crippen molar-refractivity contribution in [2.45, 2.75) is 12.1 Å². The number of benzene rings is 3. The minimum Gasteiger partial charge on any atom is -0.270 e. The zero-order valence-corrected chi connectivity index (χ0v) is 15.5. The van der Waals surface area contributed by atoms with Crippen LogP contribution in [-0.4, -0.2) is 16.3 Å². The molecule has 2 aliphatic heterocycles. The van der Waals surface area contributed by atoms with E-state index in [2.05, 4.69) is 4.98 Å². The van der Waals surface area contributed by atoms with Gasteiger partial charge in [0.2, 0.25) is 6.71 Å². The van der Waals surface area contributed by atoms with Crippen LogP contribution in [0.5, 0.6) is 0 Å². The number of hydrogen-bond acceptors (Lipinski definition) is 1. The van der Waals surface area contributed by atoms with Crippen molar-refractivity contribution in [2.75, 3.05) is 0 Å². The van der Waals surface area contributed by atoms with E-state index in [1.54, 1.807) is 0 Å². The summed E-state index contributed by atoms with van der Waals surface area (Å²) in [5.74, 6) is -6.72. The molecule has 6 rings (SSSR count). The van der Waals surface area contributed by atoms with Crippen LogP contribution < -0.4 is 16.4 Å². The molecule has 0 saturated carbocycles. The average Bonchev–Trinajstić information content (AvgIpc) is 3.05. The van der Waals surface area contributed by atoms with Gasteiger partial charge >= 0.3 is 6.18 Å². The van der Waals surface area contributed by atoms with E-state index >= 15 is 8.78 Å². The molecular weight excluding hydrogens is 443 g/mol. The van der Waals surface area contributed by atoms with Crippen molar-refractivity contribution < 1.29 is 35.1 Å². The number of alkyl halides is 5. The van der Waals surface area contributed by atoms with Gasteiger partial charge in [0.1, 0.15) is 0 Å². The Morgan fingerprint density at radius 1 is 0.875 bits per heavy atom. The fourth-order valence-corrected chi connectivity index (χ4v) is 4.84. The summed E-state index contributed by atoms with van der Waals surface area (Å²) in [6.45, 7) is -1.31. The molecule has 0 N–H and O–H groups in total. The molecule has 0 amide bonds. The quantitative estimate of drug-likeness (QED) is 0.260. The number of fused-ring (bicyclic) bond motifs is 4. The van der Waals surface area contributed by atoms with E-state index in [-0.39, 0.29) is 33.1 Å². The highest BCUT2D eigenvalue weighted by Gasteiger charge is 2.51. The first-order chi connectivity index (χ1) is 15.0. The third kappa shape index (κ3) is 2.23. The van der Waals surface area contributed by atoms with Gasteiger partial charge in [-0.1, -0.05) is 23.7 Å². The van der Waals surface area contributed by atoms with Crippen LogP contribution in [0.2, 0.25) is 0 Å². The summed E-state index contributed by atoms with van der Waals surface area (Å²) >= 11 is 0. The zero-order chi connectivity index (χ0) is 22.7. The minimum atomic E-state index is -4.83. The smallest absolute Gasteiger partial charge is 0.270 e. The molecule has 3 aromatic carbocycles. The number of nitrogens with zero attached hydrogens (tertiary/aromatic N) is 2. The molecule has 4 aromatic rings. The lowest BCUT2D eigenvalue weighted by Crippen LogP contribution is -2.63. The Hall–Kier alpha value is -3.37. The van der Waals surface area contributed by atoms with Gasteiger partial charge in [0.25, 0.3) is 12.0 Å². The minimum absolute atomic E-state index is 0.0465. The first kappa shape index (κ1) is 19.3. The normalized spacial score (nSPS) is 15.7. The van der Waals surface area contributed by atoms with Gasteiger partial charge in [-0.15, -0.1) is 0 Å². The molecule has 0 radical (unpaired) electrons. The van der Waals surface area contributed by atoms with Crippen LogP contribution in [0.4, 0.5) is 35.1 Å². The van der Waals surface area contributed by atoms with Gasteiger partial charge in [-0.05, 0) is 35.2 Å². The van der Waals surface area contributed by atoms with Crippen LogP contribution in [0, 0.1) is 17.7 Å². The molecule has 11 heteroatoms. The third-order valence-electron chi connectivity index (χ3n) is 6.07. The molecule has 0 atom stereocenters. The number of hydrogen-bond donors (Lipinski definition) is 0. The van der Waals surface area contributed by atoms with E-state index in [1.165, 1.54) is 12.1 Å². The molecule has 3 heterocycles. The van der Waals surface area contributed by atoms with Gasteiger partial charge in [-0.2, -0.15) is 26.3 Å². The van der Waals surface area contributed by atoms with E-state index in [1.807, 2.05) is 0 Å². The summed E-state index contributed by atoms with van der Waals surface area (Å²) < 4.78 is 115. The van der Waals surface area contributed by atoms with Gasteiger partial charge < -0.3 is 0 Å². The first-order valence-electron chi connectivity index (χ1n) is 9.30. The largest absolute Gasteiger partial charge is 0.416 e. The number of imidazole rings is 1. The lowest BCUT2D eigenvalue weighted by atomic mass is 9.32. The molecule has 160 valence electrons. The van der Waals surface area contributed by atoms with Crippen molar-refractivity contribution in [3.63, 3.8) is 0 Å². The Kier molecular flexibility index (Phi) is 3.44. The van der Waals surface area contributed by atoms with Gasteiger partial charge in [-0.3, -0.25) is 4.57 Å². The second-order valence-corrected chi connectivity index (χ2v) is 7.75. The Balaban J connectivity index is 1.83. The second kappa shape index (κ2) is 5.70. The van der Waals surface area contributed by atoms with Crippen molar-refractivity contribution in [1.82, 2.24) is 9.55 Å². The lowest BCUT2D eigenvalue weighted by molar-refractivity contribution is -0.137. The molecule has 0 spiro atoms. The van der Waals surface area contributed by atoms with Gasteiger partial charge in [0.15, 0.2) is 11.6 Å². The third-order valence-corrected chi connectivity index (χ3v) is 6.07. The maximum Gasteiger partial charge on any atom is 0.416 e. The molecular formula is C21H7BF8N2. The maximum absolute atomic E-state index is 15.4. The summed E-state index contributed by atoms with van der Waals surface area (Å²) in [6, 6.07) is 5.92. The van der Waals surface area contributed by atoms with E-state index in [9.17, 15) is 26.3 Å². The van der Waals surface area contributed by atoms with Crippen LogP contribution in [0.1, 0.15) is 16.7 Å². The topological polar surface area (TPSA) is 17.8 Å². The first-order valence-corrected chi connectivity index (χ1v) is 9.30. The number of halogens is 8. The van der Waals surface area contributed by atoms with E-state index in [4.69, 9.17) is 0 Å². The fraction of sp³-hybridized carbons (Fsp3) is 0.0952. The van der Waals surface area contributed by atoms with Crippen LogP contribution in [-0.2, 0) is 12.1 Å². The molecule has 0 unspecified atom stereocenters. The number of rotatable bonds is 0. The zero-order valence-electron chi connectivity index (χ0n) is 15.5. The van der Waals surface area contributed by atoms with Crippen LogP contribution in [0.25, 0.3) is 16.7 Å². The van der Waals surface area contributed by atoms with E-state index in [0.717, 1.165) is 16.7 Å². The predicted octanol–water partition coefficient (Wildman–Crippen LogP) is 3.74. The molecule has 1 aromatic heterocycles. The molecule has 0 bridgehead atoms. The van der Waals surface area contributed by atoms with Crippen LogP contribution >= 0.6 is 0 Å². The van der Waals surface area contributed by atoms with Gasteiger partial charge in [0.05, 0.1) is 16.6 Å². The van der Waals surface area contributed by atoms with Gasteiger partial charge in [0, 0.05) is 16.8 Å². The molecule has 2 aliphatic rings. The average molecular weight is 450 g/mol. The van der Waals surface area contributed by atoms with Crippen LogP contribution in [0.15, 0.2) is 42.5 Å². The molecule has 0 fully saturated rings. The fourth-order valence-electron chi connectivity index (χ4n) is 4.84. The molecule has 0 saturated heterocycles. The lowest BCUT2D eigenvalue weighted by Gasteiger charge is -2.37. The van der Waals surface area contributed by atoms with Gasteiger partial charge in [-0.25, -0.2) is 13.8 Å². The monoisotopic (exact) mass is 450 g/mol. The summed E-state index contributed by atoms with van der Waals surface area (Å²) in [6.07, 6.45) is -6.01. The molecule has 0 aliphatic carbocycles. The number of aromatic nitrogens is 2. The van der Waals surface area contributed by atoms with Crippen molar-refractivity contribution in [2.24, 2.45) is 0 Å². The van der Waals surface area contributed by atoms with Crippen molar-refractivity contribution >= 4 is 34.1 Å². The highest BCUT2D eigenvalue weighted by Crippen LogP contribution is 2.41. The summed E-state index contributed by atoms with van der Waals surface area (Å²) in [7, 11) is 0. The van der Waals surface area contributed by atoms with Crippen molar-refractivity contribution in [3.05, 3.63) is 76.9 Å². The summed E-state index contributed by atoms with van der Waals surface area (Å²) in [5.41, 5.74) is -3.80. The highest BCUT2D eigenvalue weighted by atomic mass is 19.4. The Bertz CT molecular complexity index is 1490. The van der Waals surface area contributed by atoms with Crippen LogP contribution in [0.3, 0.4) is 0 Å². The second-order valence-electron chi connectivity index (χ2n) is 7.75. The Morgan fingerprint density at radius 3 is 2.31 bits per heavy atom. The predicted molar refractivity (Wildman–Crippen MR) is 100 cm³/mol. The highest BCUT2D eigenvalue weighted by molar-refractivity contribution is 6.98. The summed E-state index contributed by atoms with van der Waals surface area (Å²) in [5, 5.41) is 0. The van der Waals surface area contributed by atoms with E-state index < -0.39 is 53.2 Å². The standard InChI is InChI=1S/C21H7BF8N2/c23-13-6-10-11(7-14(13)24)22-12-4-8(21(28,29)30)5-15-18(12)32(19(25)31-15)16-3-1-2-9(17(16)22)20(10,26)27/h1-7H. The van der Waals surface area contributed by atoms with E-state index in [0.29, 0.717) is 18.2 Å². The molecule has 2 nitrogen and oxygen atoms in total. The SMILES string of the molecule is Fc1cc2c(cc1F)C(F)(F)c1cccc3c1B2c1cc(C(F)(F)F)cc2nc(F)n-3c12. The van der Waals surface area contributed by atoms with Crippen molar-refractivity contribution in [1.29, 1.82) is 0 Å².